The van der Waals surface area contributed by atoms with E-state index in [0.717, 1.165) is 21.3 Å². The number of aromatic nitrogens is 1. The van der Waals surface area contributed by atoms with Gasteiger partial charge >= 0.3 is 0 Å². The van der Waals surface area contributed by atoms with E-state index in [1.807, 2.05) is 47.2 Å². The molecule has 3 N–H and O–H groups in total. The summed E-state index contributed by atoms with van der Waals surface area (Å²) in [6, 6.07) is 14.9. The third-order valence-electron chi connectivity index (χ3n) is 6.21. The number of amides is 2. The van der Waals surface area contributed by atoms with E-state index in [1.54, 1.807) is 23.5 Å². The zero-order chi connectivity index (χ0) is 25.3. The molecule has 0 bridgehead atoms. The minimum absolute atomic E-state index is 0.00993. The highest BCUT2D eigenvalue weighted by Crippen LogP contribution is 2.29. The fourth-order valence-corrected chi connectivity index (χ4v) is 7.10. The molecular formula is C25H24N4O4S3. The van der Waals surface area contributed by atoms with Crippen molar-refractivity contribution in [2.45, 2.75) is 12.8 Å². The highest BCUT2D eigenvalue weighted by molar-refractivity contribution is 7.91. The molecule has 2 amide bonds. The van der Waals surface area contributed by atoms with Gasteiger partial charge in [-0.3, -0.25) is 9.59 Å². The van der Waals surface area contributed by atoms with Crippen molar-refractivity contribution in [3.8, 4) is 11.3 Å². The third-order valence-corrected chi connectivity index (χ3v) is 9.49. The lowest BCUT2D eigenvalue weighted by Gasteiger charge is -2.29. The molecule has 186 valence electrons. The van der Waals surface area contributed by atoms with Crippen LogP contribution in [0.15, 0.2) is 59.3 Å². The Hall–Kier alpha value is -3.28. The summed E-state index contributed by atoms with van der Waals surface area (Å²) in [5.74, 6) is -1.04. The van der Waals surface area contributed by atoms with Crippen LogP contribution in [-0.2, 0) is 19.4 Å². The van der Waals surface area contributed by atoms with Crippen molar-refractivity contribution < 1.29 is 18.0 Å². The molecule has 2 aromatic carbocycles. The largest absolute Gasteiger partial charge is 0.375 e. The van der Waals surface area contributed by atoms with Crippen LogP contribution >= 0.6 is 22.7 Å². The molecule has 5 rings (SSSR count). The number of hydrogen-bond acceptors (Lipinski definition) is 8. The molecule has 1 aliphatic heterocycles. The van der Waals surface area contributed by atoms with E-state index >= 15 is 0 Å². The quantitative estimate of drug-likeness (QED) is 0.374. The number of hydrogen-bond donors (Lipinski definition) is 2. The summed E-state index contributed by atoms with van der Waals surface area (Å²) >= 11 is 2.96. The van der Waals surface area contributed by atoms with Gasteiger partial charge in [0.2, 0.25) is 11.8 Å². The van der Waals surface area contributed by atoms with Gasteiger partial charge in [-0.25, -0.2) is 13.4 Å². The number of rotatable bonds is 6. The first-order chi connectivity index (χ1) is 17.3. The number of nitrogens with zero attached hydrogens (tertiary/aromatic N) is 2. The summed E-state index contributed by atoms with van der Waals surface area (Å²) in [4.78, 5) is 32.3. The maximum Gasteiger partial charge on any atom is 0.244 e. The summed E-state index contributed by atoms with van der Waals surface area (Å²) in [5.41, 5.74) is 8.57. The van der Waals surface area contributed by atoms with Gasteiger partial charge in [-0.15, -0.1) is 22.7 Å². The second-order valence-electron chi connectivity index (χ2n) is 8.69. The number of thiazole rings is 1. The molecule has 1 fully saturated rings. The molecule has 0 aliphatic carbocycles. The summed E-state index contributed by atoms with van der Waals surface area (Å²) in [7, 11) is -3.11. The Morgan fingerprint density at radius 3 is 2.50 bits per heavy atom. The molecule has 0 radical (unpaired) electrons. The van der Waals surface area contributed by atoms with Crippen LogP contribution in [0.5, 0.6) is 0 Å². The number of sulfone groups is 1. The Balaban J connectivity index is 1.34. The number of nitrogen functional groups attached to an aromatic ring is 1. The number of anilines is 3. The number of nitrogens with two attached hydrogens (primary N) is 1. The Morgan fingerprint density at radius 1 is 1.06 bits per heavy atom. The maximum atomic E-state index is 13.5. The molecule has 0 saturated carbocycles. The van der Waals surface area contributed by atoms with Crippen LogP contribution in [0.2, 0.25) is 0 Å². The number of thiophene rings is 1. The SMILES string of the molecule is Nc1nc(-c2ccc(NC(=O)CN(C(=O)C3CCS(=O)(=O)CC3)c3ccc4sccc4c3)cc2)cs1. The molecular weight excluding hydrogens is 517 g/mol. The second-order valence-corrected chi connectivity index (χ2v) is 12.8. The lowest BCUT2D eigenvalue weighted by molar-refractivity contribution is -0.124. The van der Waals surface area contributed by atoms with Crippen LogP contribution in [0.25, 0.3) is 21.3 Å². The Morgan fingerprint density at radius 2 is 1.81 bits per heavy atom. The Bertz CT molecular complexity index is 1510. The predicted molar refractivity (Wildman–Crippen MR) is 146 cm³/mol. The van der Waals surface area contributed by atoms with Gasteiger partial charge in [0.25, 0.3) is 0 Å². The summed E-state index contributed by atoms with van der Waals surface area (Å²) < 4.78 is 24.8. The summed E-state index contributed by atoms with van der Waals surface area (Å²) in [5, 5.41) is 8.18. The van der Waals surface area contributed by atoms with Crippen LogP contribution in [0.1, 0.15) is 12.8 Å². The minimum atomic E-state index is -3.11. The van der Waals surface area contributed by atoms with Gasteiger partial charge in [0.1, 0.15) is 16.4 Å². The van der Waals surface area contributed by atoms with Gasteiger partial charge in [-0.2, -0.15) is 0 Å². The monoisotopic (exact) mass is 540 g/mol. The zero-order valence-electron chi connectivity index (χ0n) is 19.2. The topological polar surface area (TPSA) is 122 Å². The van der Waals surface area contributed by atoms with E-state index in [9.17, 15) is 18.0 Å². The van der Waals surface area contributed by atoms with Crippen LogP contribution in [0.3, 0.4) is 0 Å². The molecule has 36 heavy (non-hydrogen) atoms. The molecule has 1 aliphatic rings. The van der Waals surface area contributed by atoms with Gasteiger partial charge in [0.05, 0.1) is 17.2 Å². The average Bonchev–Trinajstić information content (AvgIpc) is 3.51. The first kappa shape index (κ1) is 24.4. The Labute approximate surface area is 216 Å². The van der Waals surface area contributed by atoms with Crippen molar-refractivity contribution in [3.05, 3.63) is 59.3 Å². The standard InChI is InChI=1S/C25H24N4O4S3/c26-25-28-21(15-35-25)16-1-3-19(4-2-16)27-23(30)14-29(20-5-6-22-18(13-20)7-10-34-22)24(31)17-8-11-36(32,33)12-9-17/h1-7,10,13,15,17H,8-9,11-12,14H2,(H2,26,28)(H,27,30). The predicted octanol–water partition coefficient (Wildman–Crippen LogP) is 4.40. The molecule has 0 unspecified atom stereocenters. The van der Waals surface area contributed by atoms with Gasteiger partial charge in [-0.1, -0.05) is 12.1 Å². The van der Waals surface area contributed by atoms with Crippen molar-refractivity contribution in [3.63, 3.8) is 0 Å². The number of benzene rings is 2. The van der Waals surface area contributed by atoms with E-state index in [1.165, 1.54) is 16.2 Å². The lowest BCUT2D eigenvalue weighted by atomic mass is 10.0. The zero-order valence-corrected chi connectivity index (χ0v) is 21.7. The highest BCUT2D eigenvalue weighted by Gasteiger charge is 2.32. The lowest BCUT2D eigenvalue weighted by Crippen LogP contribution is -2.43. The molecule has 3 heterocycles. The molecule has 0 spiro atoms. The van der Waals surface area contributed by atoms with E-state index in [4.69, 9.17) is 5.73 Å². The van der Waals surface area contributed by atoms with Gasteiger partial charge in [0, 0.05) is 32.9 Å². The van der Waals surface area contributed by atoms with Crippen LogP contribution in [-0.4, -0.2) is 43.3 Å². The van der Waals surface area contributed by atoms with Crippen molar-refractivity contribution >= 4 is 70.9 Å². The smallest absolute Gasteiger partial charge is 0.244 e. The van der Waals surface area contributed by atoms with E-state index in [-0.39, 0.29) is 42.7 Å². The Kier molecular flexibility index (Phi) is 6.78. The molecule has 1 saturated heterocycles. The second kappa shape index (κ2) is 10.00. The molecule has 4 aromatic rings. The minimum Gasteiger partial charge on any atom is -0.375 e. The summed E-state index contributed by atoms with van der Waals surface area (Å²) in [6.45, 7) is -0.178. The maximum absolute atomic E-state index is 13.5. The first-order valence-corrected chi connectivity index (χ1v) is 15.0. The van der Waals surface area contributed by atoms with Gasteiger partial charge < -0.3 is 16.0 Å². The first-order valence-electron chi connectivity index (χ1n) is 11.4. The fraction of sp³-hybridized carbons (Fsp3) is 0.240. The van der Waals surface area contributed by atoms with Crippen LogP contribution < -0.4 is 16.0 Å². The van der Waals surface area contributed by atoms with Gasteiger partial charge in [-0.05, 0) is 60.0 Å². The average molecular weight is 541 g/mol. The van der Waals surface area contributed by atoms with E-state index in [2.05, 4.69) is 10.3 Å². The molecule has 0 atom stereocenters. The van der Waals surface area contributed by atoms with Crippen molar-refractivity contribution in [1.29, 1.82) is 0 Å². The van der Waals surface area contributed by atoms with Crippen molar-refractivity contribution in [2.24, 2.45) is 5.92 Å². The number of fused-ring (bicyclic) bond motifs is 1. The fourth-order valence-electron chi connectivity index (χ4n) is 4.26. The van der Waals surface area contributed by atoms with Crippen molar-refractivity contribution in [2.75, 3.05) is 34.0 Å². The van der Waals surface area contributed by atoms with Crippen molar-refractivity contribution in [1.82, 2.24) is 4.98 Å². The number of carbonyl (C=O) groups is 2. The van der Waals surface area contributed by atoms with E-state index in [0.29, 0.717) is 16.5 Å². The van der Waals surface area contributed by atoms with Crippen LogP contribution in [0.4, 0.5) is 16.5 Å². The van der Waals surface area contributed by atoms with E-state index < -0.39 is 15.8 Å². The van der Waals surface area contributed by atoms with Gasteiger partial charge in [0.15, 0.2) is 5.13 Å². The summed E-state index contributed by atoms with van der Waals surface area (Å²) in [6.07, 6.45) is 0.533. The molecule has 11 heteroatoms. The number of nitrogens with one attached hydrogen (secondary N) is 1. The molecule has 2 aromatic heterocycles. The number of carbonyl (C=O) groups excluding carboxylic acids is 2. The van der Waals surface area contributed by atoms with Crippen LogP contribution in [0, 0.1) is 5.92 Å². The normalized spacial score (nSPS) is 15.6. The highest BCUT2D eigenvalue weighted by atomic mass is 32.2. The third kappa shape index (κ3) is 5.43. The molecule has 8 nitrogen and oxygen atoms in total.